The molecule has 1 aliphatic heterocycles. The van der Waals surface area contributed by atoms with Gasteiger partial charge in [-0.3, -0.25) is 14.2 Å². The minimum Gasteiger partial charge on any atom is -0.391 e. The number of aliphatic hydroxyl groups excluding tert-OH is 1. The summed E-state index contributed by atoms with van der Waals surface area (Å²) < 4.78 is 10.6. The van der Waals surface area contributed by atoms with Crippen LogP contribution in [0.15, 0.2) is 0 Å². The zero-order valence-corrected chi connectivity index (χ0v) is 10.1. The summed E-state index contributed by atoms with van der Waals surface area (Å²) in [7, 11) is -4.27. The van der Waals surface area contributed by atoms with Crippen LogP contribution in [0.2, 0.25) is 0 Å². The second kappa shape index (κ2) is 4.43. The number of carbonyl (C=O) groups is 1. The largest absolute Gasteiger partial charge is 0.391 e. The van der Waals surface area contributed by atoms with Crippen molar-refractivity contribution in [2.24, 2.45) is 5.41 Å². The van der Waals surface area contributed by atoms with Gasteiger partial charge in [0.05, 0.1) is 30.8 Å². The molecular weight excluding hydrogens is 237 g/mol. The molecule has 3 N–H and O–H groups in total. The Labute approximate surface area is 93.1 Å². The van der Waals surface area contributed by atoms with E-state index < -0.39 is 25.3 Å². The van der Waals surface area contributed by atoms with E-state index in [2.05, 4.69) is 0 Å². The van der Waals surface area contributed by atoms with E-state index in [1.165, 1.54) is 0 Å². The Kier molecular flexibility index (Phi) is 3.76. The van der Waals surface area contributed by atoms with Crippen molar-refractivity contribution in [2.45, 2.75) is 20.0 Å². The average Bonchev–Trinajstić information content (AvgIpc) is 2.28. The maximum atomic E-state index is 11.6. The van der Waals surface area contributed by atoms with Crippen LogP contribution in [0.1, 0.15) is 13.8 Å². The number of hydrogen-bond acceptors (Lipinski definition) is 4. The molecule has 0 radical (unpaired) electrons. The van der Waals surface area contributed by atoms with E-state index in [-0.39, 0.29) is 19.1 Å². The summed E-state index contributed by atoms with van der Waals surface area (Å²) in [4.78, 5) is 33.9. The Morgan fingerprint density at radius 3 is 2.50 bits per heavy atom. The molecule has 1 amide bonds. The minimum absolute atomic E-state index is 0.203. The predicted molar refractivity (Wildman–Crippen MR) is 54.4 cm³/mol. The normalized spacial score (nSPS) is 22.6. The van der Waals surface area contributed by atoms with Gasteiger partial charge in [-0.15, -0.1) is 0 Å². The second-order valence-corrected chi connectivity index (χ2v) is 6.22. The quantitative estimate of drug-likeness (QED) is 0.573. The lowest BCUT2D eigenvalue weighted by atomic mass is 9.95. The van der Waals surface area contributed by atoms with Crippen LogP contribution in [0.3, 0.4) is 0 Å². The molecule has 1 aliphatic rings. The predicted octanol–water partition coefficient (Wildman–Crippen LogP) is -0.675. The van der Waals surface area contributed by atoms with Crippen molar-refractivity contribution in [3.63, 3.8) is 0 Å². The van der Waals surface area contributed by atoms with Gasteiger partial charge in [-0.1, -0.05) is 0 Å². The monoisotopic (exact) mass is 253 g/mol. The standard InChI is InChI=1S/C8H16NO6P/c1-8(2)5-15-9(7(8)11)3-6(10)4-16(12,13)14/h6,10H,3-5H2,1-2H3,(H2,12,13,14). The third-order valence-corrected chi connectivity index (χ3v) is 3.11. The smallest absolute Gasteiger partial charge is 0.328 e. The summed E-state index contributed by atoms with van der Waals surface area (Å²) in [6, 6.07) is 0. The van der Waals surface area contributed by atoms with Crippen LogP contribution in [0.25, 0.3) is 0 Å². The lowest BCUT2D eigenvalue weighted by Gasteiger charge is -2.20. The van der Waals surface area contributed by atoms with E-state index in [1.807, 2.05) is 0 Å². The maximum absolute atomic E-state index is 11.6. The molecule has 1 atom stereocenters. The highest BCUT2D eigenvalue weighted by Crippen LogP contribution is 2.35. The fraction of sp³-hybridized carbons (Fsp3) is 0.875. The SMILES string of the molecule is CC1(C)CON(CC(O)CP(=O)(O)O)C1=O. The van der Waals surface area contributed by atoms with E-state index >= 15 is 0 Å². The number of carbonyl (C=O) groups excluding carboxylic acids is 1. The molecule has 1 saturated heterocycles. The third kappa shape index (κ3) is 3.54. The van der Waals surface area contributed by atoms with Crippen LogP contribution in [-0.4, -0.2) is 51.3 Å². The molecule has 0 spiro atoms. The number of amides is 1. The van der Waals surface area contributed by atoms with Gasteiger partial charge in [-0.2, -0.15) is 0 Å². The van der Waals surface area contributed by atoms with Crippen LogP contribution in [-0.2, 0) is 14.2 Å². The topological polar surface area (TPSA) is 107 Å². The summed E-state index contributed by atoms with van der Waals surface area (Å²) in [6.07, 6.45) is -1.97. The van der Waals surface area contributed by atoms with E-state index in [9.17, 15) is 14.5 Å². The van der Waals surface area contributed by atoms with Crippen LogP contribution in [0, 0.1) is 5.41 Å². The van der Waals surface area contributed by atoms with Crippen molar-refractivity contribution in [1.82, 2.24) is 5.06 Å². The second-order valence-electron chi connectivity index (χ2n) is 4.52. The summed E-state index contributed by atoms with van der Waals surface area (Å²) >= 11 is 0. The lowest BCUT2D eigenvalue weighted by molar-refractivity contribution is -0.167. The first kappa shape index (κ1) is 13.6. The molecule has 0 aromatic heterocycles. The van der Waals surface area contributed by atoms with Crippen molar-refractivity contribution in [2.75, 3.05) is 19.3 Å². The zero-order chi connectivity index (χ0) is 12.6. The van der Waals surface area contributed by atoms with Crippen LogP contribution in [0.4, 0.5) is 0 Å². The van der Waals surface area contributed by atoms with Gasteiger partial charge in [0, 0.05) is 0 Å². The Morgan fingerprint density at radius 2 is 2.12 bits per heavy atom. The molecule has 0 bridgehead atoms. The molecule has 0 aliphatic carbocycles. The molecule has 7 nitrogen and oxygen atoms in total. The Morgan fingerprint density at radius 1 is 1.56 bits per heavy atom. The van der Waals surface area contributed by atoms with Crippen molar-refractivity contribution < 1.29 is 29.1 Å². The summed E-state index contributed by atoms with van der Waals surface area (Å²) in [6.45, 7) is 3.37. The van der Waals surface area contributed by atoms with Crippen LogP contribution < -0.4 is 0 Å². The third-order valence-electron chi connectivity index (χ3n) is 2.21. The van der Waals surface area contributed by atoms with Crippen molar-refractivity contribution in [1.29, 1.82) is 0 Å². The Balaban J connectivity index is 2.51. The Hall–Kier alpha value is -0.460. The maximum Gasteiger partial charge on any atom is 0.328 e. The molecule has 1 unspecified atom stereocenters. The van der Waals surface area contributed by atoms with Crippen LogP contribution >= 0.6 is 7.60 Å². The molecule has 1 fully saturated rings. The Bertz CT molecular complexity index is 324. The molecule has 1 rings (SSSR count). The number of aliphatic hydroxyl groups is 1. The molecule has 0 saturated carbocycles. The highest BCUT2D eigenvalue weighted by molar-refractivity contribution is 7.51. The van der Waals surface area contributed by atoms with Gasteiger partial charge < -0.3 is 14.9 Å². The van der Waals surface area contributed by atoms with E-state index in [1.54, 1.807) is 13.8 Å². The minimum atomic E-state index is -4.27. The van der Waals surface area contributed by atoms with E-state index in [0.717, 1.165) is 5.06 Å². The molecular formula is C8H16NO6P. The molecule has 0 aromatic carbocycles. The molecule has 8 heteroatoms. The van der Waals surface area contributed by atoms with Crippen molar-refractivity contribution in [3.05, 3.63) is 0 Å². The first-order valence-corrected chi connectivity index (χ1v) is 6.59. The number of hydroxylamine groups is 2. The van der Waals surface area contributed by atoms with Gasteiger partial charge in [0.15, 0.2) is 0 Å². The number of nitrogens with zero attached hydrogens (tertiary/aromatic N) is 1. The summed E-state index contributed by atoms with van der Waals surface area (Å²) in [5.41, 5.74) is -0.651. The lowest BCUT2D eigenvalue weighted by Crippen LogP contribution is -2.37. The number of hydrogen-bond donors (Lipinski definition) is 3. The van der Waals surface area contributed by atoms with Crippen molar-refractivity contribution in [3.8, 4) is 0 Å². The van der Waals surface area contributed by atoms with E-state index in [4.69, 9.17) is 14.6 Å². The highest BCUT2D eigenvalue weighted by atomic mass is 31.2. The fourth-order valence-corrected chi connectivity index (χ4v) is 2.02. The summed E-state index contributed by atoms with van der Waals surface area (Å²) in [5, 5.41) is 10.3. The first-order valence-electron chi connectivity index (χ1n) is 4.79. The molecule has 94 valence electrons. The van der Waals surface area contributed by atoms with Gasteiger partial charge in [-0.05, 0) is 13.8 Å². The van der Waals surface area contributed by atoms with Crippen LogP contribution in [0.5, 0.6) is 0 Å². The zero-order valence-electron chi connectivity index (χ0n) is 9.16. The first-order chi connectivity index (χ1) is 7.12. The highest BCUT2D eigenvalue weighted by Gasteiger charge is 2.41. The van der Waals surface area contributed by atoms with Crippen molar-refractivity contribution >= 4 is 13.5 Å². The van der Waals surface area contributed by atoms with E-state index in [0.29, 0.717) is 0 Å². The number of rotatable bonds is 4. The fourth-order valence-electron chi connectivity index (χ4n) is 1.36. The summed E-state index contributed by atoms with van der Waals surface area (Å²) in [5.74, 6) is -0.294. The van der Waals surface area contributed by atoms with Gasteiger partial charge in [0.1, 0.15) is 0 Å². The van der Waals surface area contributed by atoms with Gasteiger partial charge >= 0.3 is 7.60 Å². The average molecular weight is 253 g/mol. The van der Waals surface area contributed by atoms with Gasteiger partial charge in [0.25, 0.3) is 5.91 Å². The molecule has 0 aromatic rings. The number of β-amino-alcohol motifs (C(OH)–C–C–N with tert-alkyl or cyclic N) is 1. The molecule has 1 heterocycles. The molecule has 16 heavy (non-hydrogen) atoms. The van der Waals surface area contributed by atoms with Gasteiger partial charge in [-0.25, -0.2) is 5.06 Å². The van der Waals surface area contributed by atoms with Gasteiger partial charge in [0.2, 0.25) is 0 Å².